The average Bonchev–Trinajstić information content (AvgIpc) is 3.10. The summed E-state index contributed by atoms with van der Waals surface area (Å²) in [6, 6.07) is 15.6. The molecular formula is C20H20N4O4S. The fourth-order valence-corrected chi connectivity index (χ4v) is 3.31. The average molecular weight is 412 g/mol. The smallest absolute Gasteiger partial charge is 0.316 e. The molecule has 0 N–H and O–H groups in total. The van der Waals surface area contributed by atoms with Crippen LogP contribution in [-0.4, -0.2) is 37.0 Å². The summed E-state index contributed by atoms with van der Waals surface area (Å²) >= 11 is 1.22. The fraction of sp³-hybridized carbons (Fsp3) is 0.250. The number of thioether (sulfide) groups is 1. The number of nitro groups is 1. The molecule has 0 aliphatic carbocycles. The van der Waals surface area contributed by atoms with E-state index in [1.165, 1.54) is 23.9 Å². The van der Waals surface area contributed by atoms with Crippen LogP contribution < -0.4 is 0 Å². The number of carbonyl (C=O) groups excluding carboxylic acids is 1. The standard InChI is InChI=1S/C20H20N4O4S/c1-20(2,3)28-17(25)13-29-19-22-21-18(23(19)15-7-5-4-6-8-15)14-9-11-16(12-10-14)24(26)27/h4-12H,13H2,1-3H3. The largest absolute Gasteiger partial charge is 0.459 e. The highest BCUT2D eigenvalue weighted by Gasteiger charge is 2.20. The molecule has 0 atom stereocenters. The van der Waals surface area contributed by atoms with Crippen LogP contribution >= 0.6 is 11.8 Å². The lowest BCUT2D eigenvalue weighted by atomic mass is 10.2. The zero-order chi connectivity index (χ0) is 21.0. The van der Waals surface area contributed by atoms with Gasteiger partial charge in [-0.25, -0.2) is 0 Å². The Hall–Kier alpha value is -3.20. The molecule has 0 unspecified atom stereocenters. The topological polar surface area (TPSA) is 100 Å². The van der Waals surface area contributed by atoms with Gasteiger partial charge in [-0.1, -0.05) is 30.0 Å². The minimum Gasteiger partial charge on any atom is -0.459 e. The molecule has 0 spiro atoms. The van der Waals surface area contributed by atoms with Crippen LogP contribution in [0.15, 0.2) is 59.8 Å². The van der Waals surface area contributed by atoms with Crippen molar-refractivity contribution in [2.45, 2.75) is 31.5 Å². The first kappa shape index (κ1) is 20.5. The third-order valence-electron chi connectivity index (χ3n) is 3.72. The van der Waals surface area contributed by atoms with Crippen molar-refractivity contribution in [2.75, 3.05) is 5.75 Å². The number of nitrogens with zero attached hydrogens (tertiary/aromatic N) is 4. The normalized spacial score (nSPS) is 11.3. The van der Waals surface area contributed by atoms with Crippen LogP contribution in [0.1, 0.15) is 20.8 Å². The maximum Gasteiger partial charge on any atom is 0.316 e. The summed E-state index contributed by atoms with van der Waals surface area (Å²) < 4.78 is 7.17. The van der Waals surface area contributed by atoms with E-state index in [1.54, 1.807) is 12.1 Å². The molecule has 0 aliphatic rings. The van der Waals surface area contributed by atoms with E-state index < -0.39 is 10.5 Å². The summed E-state index contributed by atoms with van der Waals surface area (Å²) in [7, 11) is 0. The fourth-order valence-electron chi connectivity index (χ4n) is 2.59. The van der Waals surface area contributed by atoms with Crippen LogP contribution in [0, 0.1) is 10.1 Å². The molecule has 1 heterocycles. The summed E-state index contributed by atoms with van der Waals surface area (Å²) in [6.07, 6.45) is 0. The van der Waals surface area contributed by atoms with E-state index in [0.29, 0.717) is 16.5 Å². The quantitative estimate of drug-likeness (QED) is 0.258. The van der Waals surface area contributed by atoms with Crippen molar-refractivity contribution in [3.05, 3.63) is 64.7 Å². The number of rotatable bonds is 6. The molecule has 0 saturated carbocycles. The Morgan fingerprint density at radius 3 is 2.34 bits per heavy atom. The van der Waals surface area contributed by atoms with E-state index in [1.807, 2.05) is 55.7 Å². The highest BCUT2D eigenvalue weighted by Crippen LogP contribution is 2.29. The minimum atomic E-state index is -0.561. The van der Waals surface area contributed by atoms with E-state index in [0.717, 1.165) is 5.69 Å². The Bertz CT molecular complexity index is 1010. The lowest BCUT2D eigenvalue weighted by Gasteiger charge is -2.19. The summed E-state index contributed by atoms with van der Waals surface area (Å²) in [5.74, 6) is 0.266. The molecule has 0 aliphatic heterocycles. The van der Waals surface area contributed by atoms with Crippen LogP contribution in [0.4, 0.5) is 5.69 Å². The van der Waals surface area contributed by atoms with Crippen LogP contribution in [0.25, 0.3) is 17.1 Å². The molecule has 0 saturated heterocycles. The van der Waals surface area contributed by atoms with Crippen molar-refractivity contribution < 1.29 is 14.5 Å². The predicted octanol–water partition coefficient (Wildman–Crippen LogP) is 4.28. The van der Waals surface area contributed by atoms with Gasteiger partial charge in [0.25, 0.3) is 5.69 Å². The van der Waals surface area contributed by atoms with Crippen molar-refractivity contribution in [3.8, 4) is 17.1 Å². The maximum atomic E-state index is 12.1. The number of non-ortho nitro benzene ring substituents is 1. The van der Waals surface area contributed by atoms with Gasteiger partial charge in [0, 0.05) is 23.4 Å². The van der Waals surface area contributed by atoms with Gasteiger partial charge in [-0.15, -0.1) is 10.2 Å². The summed E-state index contributed by atoms with van der Waals surface area (Å²) in [5, 5.41) is 19.9. The molecule has 2 aromatic carbocycles. The van der Waals surface area contributed by atoms with Gasteiger partial charge in [0.1, 0.15) is 5.60 Å². The van der Waals surface area contributed by atoms with Crippen molar-refractivity contribution in [1.29, 1.82) is 0 Å². The van der Waals surface area contributed by atoms with E-state index in [-0.39, 0.29) is 17.4 Å². The number of ether oxygens (including phenoxy) is 1. The van der Waals surface area contributed by atoms with Crippen LogP contribution in [-0.2, 0) is 9.53 Å². The van der Waals surface area contributed by atoms with E-state index in [2.05, 4.69) is 10.2 Å². The van der Waals surface area contributed by atoms with Gasteiger partial charge in [-0.2, -0.15) is 0 Å². The second kappa shape index (κ2) is 8.44. The number of hydrogen-bond acceptors (Lipinski definition) is 7. The first-order valence-corrected chi connectivity index (χ1v) is 9.83. The third kappa shape index (κ3) is 5.20. The molecule has 9 heteroatoms. The molecular weight excluding hydrogens is 392 g/mol. The first-order valence-electron chi connectivity index (χ1n) is 8.85. The summed E-state index contributed by atoms with van der Waals surface area (Å²) in [6.45, 7) is 5.44. The first-order chi connectivity index (χ1) is 13.7. The second-order valence-corrected chi connectivity index (χ2v) is 8.10. The predicted molar refractivity (Wildman–Crippen MR) is 110 cm³/mol. The molecule has 0 radical (unpaired) electrons. The number of hydrogen-bond donors (Lipinski definition) is 0. The molecule has 29 heavy (non-hydrogen) atoms. The van der Waals surface area contributed by atoms with Crippen molar-refractivity contribution in [3.63, 3.8) is 0 Å². The van der Waals surface area contributed by atoms with Gasteiger partial charge >= 0.3 is 5.97 Å². The van der Waals surface area contributed by atoms with Gasteiger partial charge in [-0.05, 0) is 45.0 Å². The third-order valence-corrected chi connectivity index (χ3v) is 4.63. The lowest BCUT2D eigenvalue weighted by molar-refractivity contribution is -0.384. The number of carbonyl (C=O) groups is 1. The van der Waals surface area contributed by atoms with Crippen LogP contribution in [0.5, 0.6) is 0 Å². The van der Waals surface area contributed by atoms with Gasteiger partial charge in [0.15, 0.2) is 11.0 Å². The molecule has 0 bridgehead atoms. The molecule has 0 fully saturated rings. The van der Waals surface area contributed by atoms with Crippen LogP contribution in [0.2, 0.25) is 0 Å². The maximum absolute atomic E-state index is 12.1. The van der Waals surface area contributed by atoms with Gasteiger partial charge in [0.05, 0.1) is 10.7 Å². The highest BCUT2D eigenvalue weighted by molar-refractivity contribution is 7.99. The molecule has 3 aromatic rings. The molecule has 3 rings (SSSR count). The molecule has 150 valence electrons. The number of aromatic nitrogens is 3. The van der Waals surface area contributed by atoms with E-state index in [4.69, 9.17) is 4.74 Å². The molecule has 8 nitrogen and oxygen atoms in total. The Kier molecular flexibility index (Phi) is 5.97. The van der Waals surface area contributed by atoms with Crippen molar-refractivity contribution in [2.24, 2.45) is 0 Å². The highest BCUT2D eigenvalue weighted by atomic mass is 32.2. The Morgan fingerprint density at radius 1 is 1.10 bits per heavy atom. The number of benzene rings is 2. The SMILES string of the molecule is CC(C)(C)OC(=O)CSc1nnc(-c2ccc([N+](=O)[O-])cc2)n1-c1ccccc1. The summed E-state index contributed by atoms with van der Waals surface area (Å²) in [4.78, 5) is 22.6. The zero-order valence-electron chi connectivity index (χ0n) is 16.2. The molecule has 0 amide bonds. The Morgan fingerprint density at radius 2 is 1.76 bits per heavy atom. The zero-order valence-corrected chi connectivity index (χ0v) is 17.0. The lowest BCUT2D eigenvalue weighted by Crippen LogP contribution is -2.25. The van der Waals surface area contributed by atoms with Gasteiger partial charge in [0.2, 0.25) is 0 Å². The summed E-state index contributed by atoms with van der Waals surface area (Å²) in [5.41, 5.74) is 0.932. The minimum absolute atomic E-state index is 0.000879. The van der Waals surface area contributed by atoms with E-state index >= 15 is 0 Å². The number of esters is 1. The van der Waals surface area contributed by atoms with Crippen molar-refractivity contribution in [1.82, 2.24) is 14.8 Å². The Balaban J connectivity index is 1.94. The van der Waals surface area contributed by atoms with Crippen LogP contribution in [0.3, 0.4) is 0 Å². The van der Waals surface area contributed by atoms with Crippen molar-refractivity contribution >= 4 is 23.4 Å². The molecule has 1 aromatic heterocycles. The van der Waals surface area contributed by atoms with E-state index in [9.17, 15) is 14.9 Å². The van der Waals surface area contributed by atoms with Gasteiger partial charge < -0.3 is 4.74 Å². The number of nitro benzene ring substituents is 1. The Labute approximate surface area is 172 Å². The number of para-hydroxylation sites is 1. The monoisotopic (exact) mass is 412 g/mol. The van der Waals surface area contributed by atoms with Gasteiger partial charge in [-0.3, -0.25) is 19.5 Å². The second-order valence-electron chi connectivity index (χ2n) is 7.16.